The number of ether oxygens (including phenoxy) is 4. The average Bonchev–Trinajstić information content (AvgIpc) is 3.56. The van der Waals surface area contributed by atoms with Gasteiger partial charge in [-0.25, -0.2) is 4.98 Å². The van der Waals surface area contributed by atoms with E-state index in [0.29, 0.717) is 42.7 Å². The molecule has 0 aliphatic carbocycles. The third-order valence-electron chi connectivity index (χ3n) is 6.63. The van der Waals surface area contributed by atoms with E-state index in [0.717, 1.165) is 39.0 Å². The van der Waals surface area contributed by atoms with E-state index in [1.807, 2.05) is 72.8 Å². The van der Waals surface area contributed by atoms with Gasteiger partial charge in [-0.05, 0) is 65.2 Å². The van der Waals surface area contributed by atoms with Gasteiger partial charge in [0.25, 0.3) is 0 Å². The minimum atomic E-state index is -0.428. The van der Waals surface area contributed by atoms with E-state index in [2.05, 4.69) is 25.6 Å². The van der Waals surface area contributed by atoms with Crippen LogP contribution in [0, 0.1) is 0 Å². The predicted molar refractivity (Wildman–Crippen MR) is 153 cm³/mol. The first-order valence-corrected chi connectivity index (χ1v) is 13.4. The minimum absolute atomic E-state index is 0.113. The summed E-state index contributed by atoms with van der Waals surface area (Å²) in [5.74, 6) is 2.51. The number of carbonyl (C=O) groups excluding carboxylic acids is 1. The number of nitrogens with two attached hydrogens (primary N) is 1. The maximum Gasteiger partial charge on any atom is 0.239 e. The van der Waals surface area contributed by atoms with Gasteiger partial charge in [0.15, 0.2) is 5.76 Å². The second kappa shape index (κ2) is 12.5. The van der Waals surface area contributed by atoms with Crippen LogP contribution >= 0.6 is 0 Å². The number of aromatic nitrogens is 5. The number of H-pyrrole nitrogens is 1. The van der Waals surface area contributed by atoms with Gasteiger partial charge in [0, 0.05) is 10.9 Å². The third-order valence-corrected chi connectivity index (χ3v) is 6.63. The predicted octanol–water partition coefficient (Wildman–Crippen LogP) is 4.27. The summed E-state index contributed by atoms with van der Waals surface area (Å²) in [6, 6.07) is 23.4. The number of nitrogens with one attached hydrogen (secondary N) is 1. The van der Waals surface area contributed by atoms with Gasteiger partial charge >= 0.3 is 0 Å². The molecule has 0 radical (unpaired) electrons. The zero-order valence-corrected chi connectivity index (χ0v) is 22.7. The third kappa shape index (κ3) is 6.53. The van der Waals surface area contributed by atoms with Gasteiger partial charge in [-0.1, -0.05) is 36.4 Å². The average molecular weight is 565 g/mol. The van der Waals surface area contributed by atoms with Gasteiger partial charge in [0.05, 0.1) is 37.5 Å². The summed E-state index contributed by atoms with van der Waals surface area (Å²) in [7, 11) is 0. The lowest BCUT2D eigenvalue weighted by Crippen LogP contribution is -2.15. The minimum Gasteiger partial charge on any atom is -0.493 e. The van der Waals surface area contributed by atoms with Gasteiger partial charge in [0.2, 0.25) is 11.7 Å². The summed E-state index contributed by atoms with van der Waals surface area (Å²) in [4.78, 5) is 15.9. The van der Waals surface area contributed by atoms with E-state index < -0.39 is 5.91 Å². The highest BCUT2D eigenvalue weighted by molar-refractivity contribution is 5.78. The Kier molecular flexibility index (Phi) is 8.00. The largest absolute Gasteiger partial charge is 0.493 e. The van der Waals surface area contributed by atoms with Crippen molar-refractivity contribution in [3.63, 3.8) is 0 Å². The van der Waals surface area contributed by atoms with Crippen molar-refractivity contribution in [3.05, 3.63) is 107 Å². The smallest absolute Gasteiger partial charge is 0.239 e. The Hall–Kier alpha value is -5.29. The maximum absolute atomic E-state index is 11.2. The highest BCUT2D eigenvalue weighted by Gasteiger charge is 2.18. The molecule has 3 N–H and O–H groups in total. The maximum atomic E-state index is 11.2. The van der Waals surface area contributed by atoms with E-state index in [1.165, 1.54) is 0 Å². The topological polar surface area (TPSA) is 147 Å². The number of fused-ring (bicyclic) bond motifs is 2. The van der Waals surface area contributed by atoms with Crippen LogP contribution < -0.4 is 19.9 Å². The van der Waals surface area contributed by atoms with Crippen molar-refractivity contribution < 1.29 is 23.7 Å². The monoisotopic (exact) mass is 564 g/mol. The molecule has 0 unspecified atom stereocenters. The molecule has 6 rings (SSSR count). The number of hydrogen-bond acceptors (Lipinski definition) is 9. The molecule has 0 spiro atoms. The Bertz CT molecular complexity index is 1740. The molecule has 0 atom stereocenters. The quantitative estimate of drug-likeness (QED) is 0.227. The number of hydrogen-bond donors (Lipinski definition) is 2. The lowest BCUT2D eigenvalue weighted by molar-refractivity contribution is -0.118. The summed E-state index contributed by atoms with van der Waals surface area (Å²) in [6.45, 7) is 1.07. The Balaban J connectivity index is 1.11. The number of benzene rings is 3. The Morgan fingerprint density at radius 3 is 2.79 bits per heavy atom. The van der Waals surface area contributed by atoms with Crippen LogP contribution in [0.4, 0.5) is 0 Å². The van der Waals surface area contributed by atoms with Crippen molar-refractivity contribution >= 4 is 22.6 Å². The van der Waals surface area contributed by atoms with Crippen LogP contribution in [0.15, 0.2) is 78.9 Å². The van der Waals surface area contributed by atoms with Crippen molar-refractivity contribution in [2.75, 3.05) is 6.61 Å². The first-order valence-electron chi connectivity index (χ1n) is 13.4. The first-order chi connectivity index (χ1) is 20.6. The molecule has 1 aliphatic heterocycles. The van der Waals surface area contributed by atoms with Crippen molar-refractivity contribution in [1.29, 1.82) is 0 Å². The van der Waals surface area contributed by atoms with E-state index in [4.69, 9.17) is 24.7 Å². The molecule has 0 saturated carbocycles. The zero-order valence-electron chi connectivity index (χ0n) is 22.7. The van der Waals surface area contributed by atoms with Crippen molar-refractivity contribution in [2.24, 2.45) is 5.73 Å². The summed E-state index contributed by atoms with van der Waals surface area (Å²) >= 11 is 0. The van der Waals surface area contributed by atoms with Crippen LogP contribution in [0.5, 0.6) is 17.2 Å². The fraction of sp³-hybridized carbons (Fsp3) is 0.194. The SMILES string of the molecule is NC(=O)CCOc1ccc(OCc2ccc3ccccc3n2)cc1COCc1ccc2c(c1)OC(c1nn[nH]n1)=CC2. The molecule has 0 saturated heterocycles. The van der Waals surface area contributed by atoms with E-state index in [-0.39, 0.29) is 19.6 Å². The van der Waals surface area contributed by atoms with Crippen molar-refractivity contribution in [1.82, 2.24) is 25.6 Å². The number of pyridine rings is 1. The molecule has 1 aliphatic rings. The van der Waals surface area contributed by atoms with Gasteiger partial charge in [-0.3, -0.25) is 4.79 Å². The summed E-state index contributed by atoms with van der Waals surface area (Å²) in [5, 5.41) is 15.1. The molecular formula is C31H28N6O5. The van der Waals surface area contributed by atoms with E-state index in [1.54, 1.807) is 6.07 Å². The fourth-order valence-electron chi connectivity index (χ4n) is 4.50. The first kappa shape index (κ1) is 26.9. The van der Waals surface area contributed by atoms with Gasteiger partial charge < -0.3 is 24.7 Å². The molecule has 3 heterocycles. The Labute approximate surface area is 241 Å². The zero-order chi connectivity index (χ0) is 28.7. The molecule has 11 nitrogen and oxygen atoms in total. The summed E-state index contributed by atoms with van der Waals surface area (Å²) in [6.07, 6.45) is 2.74. The van der Waals surface area contributed by atoms with Crippen LogP contribution in [0.2, 0.25) is 0 Å². The Morgan fingerprint density at radius 1 is 0.976 bits per heavy atom. The second-order valence-corrected chi connectivity index (χ2v) is 9.66. The lowest BCUT2D eigenvalue weighted by atomic mass is 10.1. The summed E-state index contributed by atoms with van der Waals surface area (Å²) in [5.41, 5.74) is 9.79. The highest BCUT2D eigenvalue weighted by Crippen LogP contribution is 2.31. The fourth-order valence-corrected chi connectivity index (χ4v) is 4.50. The van der Waals surface area contributed by atoms with Gasteiger partial charge in [-0.2, -0.15) is 5.21 Å². The van der Waals surface area contributed by atoms with Crippen LogP contribution in [0.25, 0.3) is 16.7 Å². The van der Waals surface area contributed by atoms with Gasteiger partial charge in [-0.15, -0.1) is 10.2 Å². The molecule has 212 valence electrons. The molecule has 3 aromatic carbocycles. The number of amides is 1. The number of carbonyl (C=O) groups is 1. The number of aromatic amines is 1. The summed E-state index contributed by atoms with van der Waals surface area (Å²) < 4.78 is 24.0. The molecule has 2 aromatic heterocycles. The number of allylic oxidation sites excluding steroid dienone is 1. The van der Waals surface area contributed by atoms with Crippen LogP contribution in [0.3, 0.4) is 0 Å². The number of para-hydroxylation sites is 1. The van der Waals surface area contributed by atoms with E-state index in [9.17, 15) is 4.79 Å². The van der Waals surface area contributed by atoms with Crippen LogP contribution in [-0.4, -0.2) is 38.1 Å². The molecule has 42 heavy (non-hydrogen) atoms. The Morgan fingerprint density at radius 2 is 1.90 bits per heavy atom. The molecule has 0 bridgehead atoms. The molecular weight excluding hydrogens is 536 g/mol. The van der Waals surface area contributed by atoms with Crippen molar-refractivity contribution in [2.45, 2.75) is 32.7 Å². The standard InChI is InChI=1S/C31H28N6O5/c32-30(38)13-14-40-27-12-10-25(41-19-24-9-7-21-3-1-2-4-26(21)33-24)16-23(27)18-39-17-20-5-6-22-8-11-28(42-29(22)15-20)31-34-36-37-35-31/h1-7,9-12,15-16H,8,13-14,17-19H2,(H2,32,38)(H,34,35,36,37). The van der Waals surface area contributed by atoms with Crippen LogP contribution in [-0.2, 0) is 35.8 Å². The molecule has 1 amide bonds. The molecule has 11 heteroatoms. The van der Waals surface area contributed by atoms with Gasteiger partial charge in [0.1, 0.15) is 23.9 Å². The van der Waals surface area contributed by atoms with Crippen LogP contribution in [0.1, 0.15) is 34.6 Å². The number of nitrogens with zero attached hydrogens (tertiary/aromatic N) is 4. The lowest BCUT2D eigenvalue weighted by Gasteiger charge is -2.17. The molecule has 0 fully saturated rings. The number of rotatable bonds is 12. The second-order valence-electron chi connectivity index (χ2n) is 9.66. The van der Waals surface area contributed by atoms with E-state index >= 15 is 0 Å². The van der Waals surface area contributed by atoms with Crippen molar-refractivity contribution in [3.8, 4) is 17.2 Å². The molecule has 5 aromatic rings. The number of tetrazole rings is 1. The number of primary amides is 1. The normalized spacial score (nSPS) is 12.3. The highest BCUT2D eigenvalue weighted by atomic mass is 16.5.